The third-order valence-corrected chi connectivity index (χ3v) is 2.70. The summed E-state index contributed by atoms with van der Waals surface area (Å²) in [6.07, 6.45) is 2.97. The van der Waals surface area contributed by atoms with Crippen LogP contribution in [-0.2, 0) is 5.41 Å². The number of hydrogen-bond acceptors (Lipinski definition) is 3. The lowest BCUT2D eigenvalue weighted by atomic mass is 9.88. The van der Waals surface area contributed by atoms with Gasteiger partial charge in [0.05, 0.1) is 0 Å². The minimum absolute atomic E-state index is 0.168. The van der Waals surface area contributed by atoms with Crippen LogP contribution in [-0.4, -0.2) is 25.1 Å². The first-order chi connectivity index (χ1) is 7.45. The van der Waals surface area contributed by atoms with Crippen LogP contribution < -0.4 is 10.6 Å². The first-order valence-electron chi connectivity index (χ1n) is 5.83. The Morgan fingerprint density at radius 1 is 1.31 bits per heavy atom. The fraction of sp³-hybridized carbons (Fsp3) is 0.615. The van der Waals surface area contributed by atoms with E-state index in [-0.39, 0.29) is 5.41 Å². The maximum Gasteiger partial charge on any atom is 0.128 e. The molecule has 90 valence electrons. The molecule has 0 radical (unpaired) electrons. The highest BCUT2D eigenvalue weighted by Crippen LogP contribution is 2.22. The summed E-state index contributed by atoms with van der Waals surface area (Å²) in [5, 5.41) is 0. The maximum absolute atomic E-state index is 5.49. The lowest BCUT2D eigenvalue weighted by Gasteiger charge is -2.21. The predicted octanol–water partition coefficient (Wildman–Crippen LogP) is 2.16. The summed E-state index contributed by atoms with van der Waals surface area (Å²) >= 11 is 0. The molecule has 0 aliphatic carbocycles. The fourth-order valence-corrected chi connectivity index (χ4v) is 1.50. The van der Waals surface area contributed by atoms with Crippen LogP contribution in [0.4, 0.5) is 5.82 Å². The molecule has 0 atom stereocenters. The molecule has 0 aliphatic rings. The standard InChI is InChI=1S/C13H23N3/c1-13(2,3)11-6-7-12(15-10-11)16(4)9-5-8-14/h6-7,10H,5,8-9,14H2,1-4H3. The number of pyridine rings is 1. The van der Waals surface area contributed by atoms with Gasteiger partial charge in [-0.1, -0.05) is 26.8 Å². The summed E-state index contributed by atoms with van der Waals surface area (Å²) in [5.74, 6) is 1.02. The third-order valence-electron chi connectivity index (χ3n) is 2.70. The van der Waals surface area contributed by atoms with E-state index in [0.717, 1.165) is 25.3 Å². The molecule has 0 unspecified atom stereocenters. The first kappa shape index (κ1) is 13.0. The Labute approximate surface area is 98.7 Å². The van der Waals surface area contributed by atoms with Crippen LogP contribution in [0.1, 0.15) is 32.8 Å². The third kappa shape index (κ3) is 3.49. The molecule has 0 spiro atoms. The van der Waals surface area contributed by atoms with Crippen LogP contribution in [0.2, 0.25) is 0 Å². The van der Waals surface area contributed by atoms with Gasteiger partial charge in [-0.2, -0.15) is 0 Å². The van der Waals surface area contributed by atoms with Crippen molar-refractivity contribution in [1.82, 2.24) is 4.98 Å². The van der Waals surface area contributed by atoms with E-state index in [9.17, 15) is 0 Å². The molecular formula is C13H23N3. The lowest BCUT2D eigenvalue weighted by molar-refractivity contribution is 0.587. The van der Waals surface area contributed by atoms with Gasteiger partial charge in [0.15, 0.2) is 0 Å². The van der Waals surface area contributed by atoms with E-state index in [2.05, 4.69) is 49.8 Å². The van der Waals surface area contributed by atoms with Crippen LogP contribution >= 0.6 is 0 Å². The van der Waals surface area contributed by atoms with Gasteiger partial charge < -0.3 is 10.6 Å². The van der Waals surface area contributed by atoms with Crippen molar-refractivity contribution in [3.63, 3.8) is 0 Å². The molecule has 16 heavy (non-hydrogen) atoms. The largest absolute Gasteiger partial charge is 0.360 e. The highest BCUT2D eigenvalue weighted by Gasteiger charge is 2.14. The van der Waals surface area contributed by atoms with Crippen LogP contribution in [0.15, 0.2) is 18.3 Å². The van der Waals surface area contributed by atoms with Crippen LogP contribution in [0.5, 0.6) is 0 Å². The van der Waals surface area contributed by atoms with Gasteiger partial charge in [-0.25, -0.2) is 4.98 Å². The van der Waals surface area contributed by atoms with Gasteiger partial charge in [0.1, 0.15) is 5.82 Å². The fourth-order valence-electron chi connectivity index (χ4n) is 1.50. The molecule has 1 aromatic heterocycles. The molecule has 0 fully saturated rings. The normalized spacial score (nSPS) is 11.6. The lowest BCUT2D eigenvalue weighted by Crippen LogP contribution is -2.22. The molecule has 1 heterocycles. The van der Waals surface area contributed by atoms with Gasteiger partial charge in [0.25, 0.3) is 0 Å². The Balaban J connectivity index is 2.71. The molecule has 1 rings (SSSR count). The summed E-state index contributed by atoms with van der Waals surface area (Å²) in [4.78, 5) is 6.62. The zero-order valence-electron chi connectivity index (χ0n) is 10.8. The number of nitrogens with two attached hydrogens (primary N) is 1. The van der Waals surface area contributed by atoms with Crippen LogP contribution in [0.3, 0.4) is 0 Å². The van der Waals surface area contributed by atoms with Crippen molar-refractivity contribution in [3.05, 3.63) is 23.9 Å². The molecule has 0 bridgehead atoms. The van der Waals surface area contributed by atoms with E-state index in [1.54, 1.807) is 0 Å². The molecule has 2 N–H and O–H groups in total. The molecule has 0 saturated heterocycles. The maximum atomic E-state index is 5.49. The summed E-state index contributed by atoms with van der Waals surface area (Å²) in [6.45, 7) is 8.27. The zero-order chi connectivity index (χ0) is 12.2. The summed E-state index contributed by atoms with van der Waals surface area (Å²) in [5.41, 5.74) is 6.92. The quantitative estimate of drug-likeness (QED) is 0.847. The van der Waals surface area contributed by atoms with Crippen molar-refractivity contribution in [2.45, 2.75) is 32.6 Å². The summed E-state index contributed by atoms with van der Waals surface area (Å²) in [6, 6.07) is 4.23. The van der Waals surface area contributed by atoms with Crippen molar-refractivity contribution < 1.29 is 0 Å². The van der Waals surface area contributed by atoms with E-state index in [0.29, 0.717) is 0 Å². The monoisotopic (exact) mass is 221 g/mol. The highest BCUT2D eigenvalue weighted by molar-refractivity contribution is 5.39. The van der Waals surface area contributed by atoms with Crippen molar-refractivity contribution in [2.24, 2.45) is 5.73 Å². The van der Waals surface area contributed by atoms with Gasteiger partial charge in [-0.05, 0) is 30.0 Å². The second-order valence-electron chi connectivity index (χ2n) is 5.22. The SMILES string of the molecule is CN(CCCN)c1ccc(C(C)(C)C)cn1. The Morgan fingerprint density at radius 2 is 2.00 bits per heavy atom. The minimum Gasteiger partial charge on any atom is -0.360 e. The Hall–Kier alpha value is -1.09. The molecule has 0 aromatic carbocycles. The number of hydrogen-bond donors (Lipinski definition) is 1. The number of anilines is 1. The Bertz CT molecular complexity index is 311. The van der Waals surface area contributed by atoms with E-state index < -0.39 is 0 Å². The topological polar surface area (TPSA) is 42.1 Å². The second-order valence-corrected chi connectivity index (χ2v) is 5.22. The predicted molar refractivity (Wildman–Crippen MR) is 69.9 cm³/mol. The number of rotatable bonds is 4. The number of nitrogens with zero attached hydrogens (tertiary/aromatic N) is 2. The number of aromatic nitrogens is 1. The summed E-state index contributed by atoms with van der Waals surface area (Å²) in [7, 11) is 2.05. The van der Waals surface area contributed by atoms with E-state index in [1.165, 1.54) is 5.56 Å². The van der Waals surface area contributed by atoms with Crippen molar-refractivity contribution in [2.75, 3.05) is 25.0 Å². The second kappa shape index (κ2) is 5.30. The highest BCUT2D eigenvalue weighted by atomic mass is 15.2. The van der Waals surface area contributed by atoms with Crippen LogP contribution in [0.25, 0.3) is 0 Å². The van der Waals surface area contributed by atoms with Gasteiger partial charge in [-0.3, -0.25) is 0 Å². The van der Waals surface area contributed by atoms with Crippen molar-refractivity contribution >= 4 is 5.82 Å². The van der Waals surface area contributed by atoms with Crippen LogP contribution in [0, 0.1) is 0 Å². The molecule has 0 saturated carbocycles. The average molecular weight is 221 g/mol. The van der Waals surface area contributed by atoms with E-state index in [1.807, 2.05) is 6.20 Å². The Kier molecular flexibility index (Phi) is 4.30. The molecule has 0 aliphatic heterocycles. The average Bonchev–Trinajstić information content (AvgIpc) is 2.25. The van der Waals surface area contributed by atoms with Gasteiger partial charge in [-0.15, -0.1) is 0 Å². The zero-order valence-corrected chi connectivity index (χ0v) is 10.8. The molecule has 3 nitrogen and oxygen atoms in total. The minimum atomic E-state index is 0.168. The smallest absolute Gasteiger partial charge is 0.128 e. The summed E-state index contributed by atoms with van der Waals surface area (Å²) < 4.78 is 0. The van der Waals surface area contributed by atoms with Crippen molar-refractivity contribution in [3.8, 4) is 0 Å². The van der Waals surface area contributed by atoms with Gasteiger partial charge in [0.2, 0.25) is 0 Å². The van der Waals surface area contributed by atoms with E-state index >= 15 is 0 Å². The molecule has 3 heteroatoms. The molecular weight excluding hydrogens is 198 g/mol. The van der Waals surface area contributed by atoms with E-state index in [4.69, 9.17) is 5.73 Å². The molecule has 1 aromatic rings. The van der Waals surface area contributed by atoms with Gasteiger partial charge in [0, 0.05) is 19.8 Å². The Morgan fingerprint density at radius 3 is 2.44 bits per heavy atom. The molecule has 0 amide bonds. The first-order valence-corrected chi connectivity index (χ1v) is 5.83. The van der Waals surface area contributed by atoms with Crippen molar-refractivity contribution in [1.29, 1.82) is 0 Å². The van der Waals surface area contributed by atoms with Gasteiger partial charge >= 0.3 is 0 Å².